The van der Waals surface area contributed by atoms with Crippen molar-refractivity contribution < 1.29 is 10.2 Å². The molecule has 36 heavy (non-hydrogen) atoms. The van der Waals surface area contributed by atoms with Crippen LogP contribution in [0.5, 0.6) is 0 Å². The molecule has 184 valence electrons. The Hall–Kier alpha value is -2.34. The predicted octanol–water partition coefficient (Wildman–Crippen LogP) is 5.21. The maximum atomic E-state index is 12.3. The smallest absolute Gasteiger partial charge is 0.208 e. The van der Waals surface area contributed by atoms with Crippen molar-refractivity contribution >= 4 is 35.7 Å². The van der Waals surface area contributed by atoms with E-state index in [1.807, 2.05) is 0 Å². The first-order valence-electron chi connectivity index (χ1n) is 12.7. The van der Waals surface area contributed by atoms with E-state index in [9.17, 15) is 10.2 Å². The van der Waals surface area contributed by atoms with Crippen molar-refractivity contribution in [1.29, 1.82) is 0 Å². The molecule has 2 nitrogen and oxygen atoms in total. The van der Waals surface area contributed by atoms with Gasteiger partial charge in [-0.15, -0.1) is 0 Å². The second-order valence-corrected chi connectivity index (χ2v) is 17.9. The molecule has 0 bridgehead atoms. The molecule has 1 aliphatic rings. The summed E-state index contributed by atoms with van der Waals surface area (Å²) in [6, 6.07) is 34.6. The molecule has 0 radical (unpaired) electrons. The summed E-state index contributed by atoms with van der Waals surface area (Å²) in [5.41, 5.74) is 4.81. The topological polar surface area (TPSA) is 40.5 Å². The summed E-state index contributed by atoms with van der Waals surface area (Å²) in [6.45, 7) is 8.38. The van der Waals surface area contributed by atoms with Crippen molar-refractivity contribution in [2.24, 2.45) is 0 Å². The minimum Gasteiger partial charge on any atom is -0.356 e. The first-order chi connectivity index (χ1) is 17.3. The molecule has 4 heteroatoms. The Kier molecular flexibility index (Phi) is 6.92. The van der Waals surface area contributed by atoms with Gasteiger partial charge in [-0.25, -0.2) is 0 Å². The van der Waals surface area contributed by atoms with Gasteiger partial charge in [-0.05, 0) is 76.2 Å². The van der Waals surface area contributed by atoms with Crippen LogP contribution in [0.4, 0.5) is 0 Å². The fraction of sp³-hybridized carbons (Fsp3) is 0.250. The van der Waals surface area contributed by atoms with E-state index in [1.165, 1.54) is 43.5 Å². The monoisotopic (exact) mass is 514 g/mol. The second kappa shape index (κ2) is 9.85. The number of benzene rings is 4. The molecular formula is C32H36O2P2+2. The molecular weight excluding hydrogens is 478 g/mol. The molecule has 1 aliphatic heterocycles. The number of aryl methyl sites for hydroxylation is 4. The zero-order chi connectivity index (χ0) is 25.5. The van der Waals surface area contributed by atoms with Crippen LogP contribution in [0.1, 0.15) is 22.3 Å². The van der Waals surface area contributed by atoms with Crippen LogP contribution in [0.25, 0.3) is 0 Å². The van der Waals surface area contributed by atoms with Gasteiger partial charge in [-0.3, -0.25) is 0 Å². The highest BCUT2D eigenvalue weighted by Crippen LogP contribution is 2.75. The molecule has 5 rings (SSSR count). The minimum absolute atomic E-state index is 0.540. The molecule has 0 aliphatic carbocycles. The van der Waals surface area contributed by atoms with E-state index in [1.54, 1.807) is 0 Å². The summed E-state index contributed by atoms with van der Waals surface area (Å²) in [5.74, 6) is -1.08. The highest BCUT2D eigenvalue weighted by molar-refractivity contribution is 7.96. The van der Waals surface area contributed by atoms with Gasteiger partial charge in [-0.2, -0.15) is 0 Å². The Morgan fingerprint density at radius 3 is 0.806 bits per heavy atom. The summed E-state index contributed by atoms with van der Waals surface area (Å²) in [4.78, 5) is 0. The third-order valence-corrected chi connectivity index (χ3v) is 17.6. The average molecular weight is 515 g/mol. The van der Waals surface area contributed by atoms with Gasteiger partial charge in [0.15, 0.2) is 0 Å². The zero-order valence-corrected chi connectivity index (χ0v) is 23.4. The standard InChI is InChI=1S/C32H36O2P2/c1-23-5-13-27(14-6-23)35(28-15-7-24(2)8-16-28)21-32(34)36(22-31(35)33,29-17-9-25(3)10-18-29)30-19-11-26(4)12-20-30/h5-20,31-34H,21-22H2,1-4H3/q+2. The van der Waals surface area contributed by atoms with Gasteiger partial charge < -0.3 is 10.2 Å². The molecule has 0 amide bonds. The number of rotatable bonds is 4. The number of hydrogen-bond acceptors (Lipinski definition) is 2. The van der Waals surface area contributed by atoms with E-state index in [4.69, 9.17) is 0 Å². The molecule has 2 atom stereocenters. The fourth-order valence-electron chi connectivity index (χ4n) is 5.69. The zero-order valence-electron chi connectivity index (χ0n) is 21.6. The molecule has 0 spiro atoms. The summed E-state index contributed by atoms with van der Waals surface area (Å²) < 4.78 is 0. The molecule has 1 saturated heterocycles. The molecule has 0 aromatic heterocycles. The van der Waals surface area contributed by atoms with Gasteiger partial charge >= 0.3 is 0 Å². The number of aliphatic hydroxyl groups excluding tert-OH is 2. The Bertz CT molecular complexity index is 1130. The summed E-state index contributed by atoms with van der Waals surface area (Å²) in [7, 11) is -4.58. The highest BCUT2D eigenvalue weighted by Gasteiger charge is 2.67. The lowest BCUT2D eigenvalue weighted by Gasteiger charge is -2.43. The van der Waals surface area contributed by atoms with E-state index in [-0.39, 0.29) is 0 Å². The van der Waals surface area contributed by atoms with Crippen molar-refractivity contribution in [3.63, 3.8) is 0 Å². The van der Waals surface area contributed by atoms with E-state index in [0.29, 0.717) is 12.3 Å². The van der Waals surface area contributed by atoms with Gasteiger partial charge in [0, 0.05) is 0 Å². The Balaban J connectivity index is 1.71. The van der Waals surface area contributed by atoms with Gasteiger partial charge in [0.1, 0.15) is 48.1 Å². The van der Waals surface area contributed by atoms with Crippen LogP contribution >= 0.6 is 14.5 Å². The van der Waals surface area contributed by atoms with Crippen molar-refractivity contribution in [2.75, 3.05) is 12.3 Å². The molecule has 2 N–H and O–H groups in total. The Morgan fingerprint density at radius 1 is 0.417 bits per heavy atom. The van der Waals surface area contributed by atoms with Crippen molar-refractivity contribution in [3.05, 3.63) is 119 Å². The van der Waals surface area contributed by atoms with E-state index < -0.39 is 26.2 Å². The fourth-order valence-corrected chi connectivity index (χ4v) is 16.5. The van der Waals surface area contributed by atoms with Gasteiger partial charge in [-0.1, -0.05) is 70.8 Å². The summed E-state index contributed by atoms with van der Waals surface area (Å²) >= 11 is 0. The first kappa shape index (κ1) is 25.3. The van der Waals surface area contributed by atoms with Crippen LogP contribution in [0.2, 0.25) is 0 Å². The lowest BCUT2D eigenvalue weighted by atomic mass is 10.2. The normalized spacial score (nSPS) is 20.7. The quantitative estimate of drug-likeness (QED) is 0.367. The van der Waals surface area contributed by atoms with Crippen LogP contribution in [-0.4, -0.2) is 34.2 Å². The van der Waals surface area contributed by atoms with E-state index >= 15 is 0 Å². The van der Waals surface area contributed by atoms with Crippen LogP contribution in [-0.2, 0) is 0 Å². The van der Waals surface area contributed by atoms with E-state index in [0.717, 1.165) is 0 Å². The summed E-state index contributed by atoms with van der Waals surface area (Å²) in [5, 5.41) is 29.3. The second-order valence-electron chi connectivity index (χ2n) is 10.4. The lowest BCUT2D eigenvalue weighted by Crippen LogP contribution is -2.49. The van der Waals surface area contributed by atoms with Gasteiger partial charge in [0.25, 0.3) is 0 Å². The van der Waals surface area contributed by atoms with Gasteiger partial charge in [0.2, 0.25) is 11.7 Å². The van der Waals surface area contributed by atoms with Crippen molar-refractivity contribution in [1.82, 2.24) is 0 Å². The molecule has 2 unspecified atom stereocenters. The number of aliphatic hydroxyl groups is 2. The number of hydrogen-bond donors (Lipinski definition) is 2. The van der Waals surface area contributed by atoms with Gasteiger partial charge in [0.05, 0.1) is 0 Å². The van der Waals surface area contributed by atoms with Crippen LogP contribution < -0.4 is 21.2 Å². The molecule has 4 aromatic carbocycles. The maximum absolute atomic E-state index is 12.3. The third-order valence-electron chi connectivity index (χ3n) is 7.90. The van der Waals surface area contributed by atoms with Crippen LogP contribution in [0.3, 0.4) is 0 Å². The Morgan fingerprint density at radius 2 is 0.611 bits per heavy atom. The lowest BCUT2D eigenvalue weighted by molar-refractivity contribution is 0.249. The van der Waals surface area contributed by atoms with Crippen LogP contribution in [0, 0.1) is 27.7 Å². The van der Waals surface area contributed by atoms with Crippen molar-refractivity contribution in [2.45, 2.75) is 39.4 Å². The predicted molar refractivity (Wildman–Crippen MR) is 159 cm³/mol. The Labute approximate surface area is 216 Å². The average Bonchev–Trinajstić information content (AvgIpc) is 2.87. The SMILES string of the molecule is Cc1ccc([P+]2(c3ccc(C)cc3)CC(O)[P+](c3ccc(C)cc3)(c3ccc(C)cc3)CC2O)cc1. The van der Waals surface area contributed by atoms with Crippen LogP contribution in [0.15, 0.2) is 97.1 Å². The third kappa shape index (κ3) is 4.25. The van der Waals surface area contributed by atoms with Crippen molar-refractivity contribution in [3.8, 4) is 0 Å². The summed E-state index contributed by atoms with van der Waals surface area (Å²) in [6.07, 6.45) is 1.16. The molecule has 4 aromatic rings. The van der Waals surface area contributed by atoms with E-state index in [2.05, 4.69) is 125 Å². The molecule has 1 fully saturated rings. The highest BCUT2D eigenvalue weighted by atomic mass is 31.2. The minimum atomic E-state index is -2.29. The molecule has 0 saturated carbocycles. The maximum Gasteiger partial charge on any atom is 0.208 e. The largest absolute Gasteiger partial charge is 0.356 e. The first-order valence-corrected chi connectivity index (χ1v) is 16.7. The molecule has 1 heterocycles.